The number of anilines is 2. The first-order chi connectivity index (χ1) is 9.81. The van der Waals surface area contributed by atoms with E-state index in [1.165, 1.54) is 38.8 Å². The molecule has 20 heavy (non-hydrogen) atoms. The van der Waals surface area contributed by atoms with E-state index in [1.807, 2.05) is 18.2 Å². The Morgan fingerprint density at radius 1 is 1.20 bits per heavy atom. The predicted octanol–water partition coefficient (Wildman–Crippen LogP) is 3.17. The van der Waals surface area contributed by atoms with E-state index in [4.69, 9.17) is 5.73 Å². The molecule has 0 spiro atoms. The Hall–Kier alpha value is -1.33. The minimum absolute atomic E-state index is 0.803. The second-order valence-corrected chi connectivity index (χ2v) is 6.46. The van der Waals surface area contributed by atoms with Crippen molar-refractivity contribution in [2.45, 2.75) is 25.7 Å². The van der Waals surface area contributed by atoms with E-state index in [2.05, 4.69) is 15.2 Å². The van der Waals surface area contributed by atoms with Crippen LogP contribution in [0, 0.1) is 0 Å². The molecular formula is C15H22N4S. The summed E-state index contributed by atoms with van der Waals surface area (Å²) in [6.45, 7) is 4.57. The Kier molecular flexibility index (Phi) is 4.38. The second-order valence-electron chi connectivity index (χ2n) is 5.43. The number of thiazole rings is 1. The molecule has 2 heterocycles. The van der Waals surface area contributed by atoms with Crippen LogP contribution in [0.3, 0.4) is 0 Å². The molecular weight excluding hydrogens is 268 g/mol. The monoisotopic (exact) mass is 290 g/mol. The SMILES string of the molecule is Nc1ccc2nc(NCCN3CCCCCC3)sc2c1. The van der Waals surface area contributed by atoms with Crippen molar-refractivity contribution >= 4 is 32.4 Å². The van der Waals surface area contributed by atoms with Crippen LogP contribution in [0.1, 0.15) is 25.7 Å². The third-order valence-electron chi connectivity index (χ3n) is 3.82. The van der Waals surface area contributed by atoms with E-state index < -0.39 is 0 Å². The Bertz CT molecular complexity index is 558. The maximum atomic E-state index is 5.80. The van der Waals surface area contributed by atoms with E-state index in [0.29, 0.717) is 0 Å². The lowest BCUT2D eigenvalue weighted by Crippen LogP contribution is -2.29. The van der Waals surface area contributed by atoms with Crippen LogP contribution in [0.2, 0.25) is 0 Å². The predicted molar refractivity (Wildman–Crippen MR) is 87.4 cm³/mol. The van der Waals surface area contributed by atoms with Gasteiger partial charge in [0.05, 0.1) is 10.2 Å². The van der Waals surface area contributed by atoms with E-state index >= 15 is 0 Å². The molecule has 0 amide bonds. The Morgan fingerprint density at radius 3 is 2.80 bits per heavy atom. The molecule has 0 unspecified atom stereocenters. The standard InChI is InChI=1S/C15H22N4S/c16-12-5-6-13-14(11-12)20-15(18-13)17-7-10-19-8-3-1-2-4-9-19/h5-6,11H,1-4,7-10,16H2,(H,17,18). The third-order valence-corrected chi connectivity index (χ3v) is 4.79. The van der Waals surface area contributed by atoms with E-state index in [1.54, 1.807) is 11.3 Å². The Morgan fingerprint density at radius 2 is 2.00 bits per heavy atom. The van der Waals surface area contributed by atoms with Gasteiger partial charge in [-0.1, -0.05) is 24.2 Å². The maximum Gasteiger partial charge on any atom is 0.183 e. The molecule has 0 saturated carbocycles. The van der Waals surface area contributed by atoms with Gasteiger partial charge in [-0.2, -0.15) is 0 Å². The topological polar surface area (TPSA) is 54.2 Å². The second kappa shape index (κ2) is 6.41. The van der Waals surface area contributed by atoms with Gasteiger partial charge in [0.15, 0.2) is 5.13 Å². The number of nitrogens with zero attached hydrogens (tertiary/aromatic N) is 2. The first-order valence-corrected chi connectivity index (χ1v) is 8.25. The molecule has 0 bridgehead atoms. The van der Waals surface area contributed by atoms with Crippen molar-refractivity contribution in [1.29, 1.82) is 0 Å². The lowest BCUT2D eigenvalue weighted by atomic mass is 10.2. The lowest BCUT2D eigenvalue weighted by molar-refractivity contribution is 0.296. The number of nitrogens with two attached hydrogens (primary N) is 1. The van der Waals surface area contributed by atoms with Crippen molar-refractivity contribution in [2.24, 2.45) is 0 Å². The molecule has 2 aromatic rings. The minimum Gasteiger partial charge on any atom is -0.399 e. The molecule has 3 rings (SSSR count). The molecule has 5 heteroatoms. The van der Waals surface area contributed by atoms with Gasteiger partial charge in [-0.05, 0) is 44.1 Å². The average Bonchev–Trinajstić information content (AvgIpc) is 2.66. The summed E-state index contributed by atoms with van der Waals surface area (Å²) in [6, 6.07) is 5.89. The smallest absolute Gasteiger partial charge is 0.183 e. The lowest BCUT2D eigenvalue weighted by Gasteiger charge is -2.19. The van der Waals surface area contributed by atoms with Crippen molar-refractivity contribution < 1.29 is 0 Å². The van der Waals surface area contributed by atoms with Crippen molar-refractivity contribution in [3.05, 3.63) is 18.2 Å². The minimum atomic E-state index is 0.803. The largest absolute Gasteiger partial charge is 0.399 e. The van der Waals surface area contributed by atoms with Crippen LogP contribution in [0.4, 0.5) is 10.8 Å². The zero-order valence-electron chi connectivity index (χ0n) is 11.8. The Labute approximate surface area is 124 Å². The summed E-state index contributed by atoms with van der Waals surface area (Å²) >= 11 is 1.68. The number of likely N-dealkylation sites (tertiary alicyclic amines) is 1. The zero-order valence-corrected chi connectivity index (χ0v) is 12.6. The number of nitrogen functional groups attached to an aromatic ring is 1. The molecule has 1 saturated heterocycles. The molecule has 4 nitrogen and oxygen atoms in total. The van der Waals surface area contributed by atoms with Crippen molar-refractivity contribution in [3.63, 3.8) is 0 Å². The molecule has 1 aliphatic heterocycles. The summed E-state index contributed by atoms with van der Waals surface area (Å²) in [5, 5.41) is 4.45. The molecule has 0 aliphatic carbocycles. The zero-order chi connectivity index (χ0) is 13.8. The van der Waals surface area contributed by atoms with Crippen LogP contribution in [0.5, 0.6) is 0 Å². The molecule has 0 radical (unpaired) electrons. The van der Waals surface area contributed by atoms with Crippen molar-refractivity contribution in [1.82, 2.24) is 9.88 Å². The summed E-state index contributed by atoms with van der Waals surface area (Å²) in [4.78, 5) is 7.15. The molecule has 1 aromatic carbocycles. The van der Waals surface area contributed by atoms with Crippen molar-refractivity contribution in [2.75, 3.05) is 37.2 Å². The number of aromatic nitrogens is 1. The average molecular weight is 290 g/mol. The van der Waals surface area contributed by atoms with Crippen molar-refractivity contribution in [3.8, 4) is 0 Å². The number of fused-ring (bicyclic) bond motifs is 1. The third kappa shape index (κ3) is 3.41. The van der Waals surface area contributed by atoms with Gasteiger partial charge in [0, 0.05) is 18.8 Å². The fourth-order valence-corrected chi connectivity index (χ4v) is 3.64. The maximum absolute atomic E-state index is 5.80. The van der Waals surface area contributed by atoms with Crippen LogP contribution in [0.25, 0.3) is 10.2 Å². The number of hydrogen-bond acceptors (Lipinski definition) is 5. The quantitative estimate of drug-likeness (QED) is 0.849. The van der Waals surface area contributed by atoms with E-state index in [9.17, 15) is 0 Å². The van der Waals surface area contributed by atoms with Gasteiger partial charge in [-0.15, -0.1) is 0 Å². The van der Waals surface area contributed by atoms with Gasteiger partial charge in [-0.25, -0.2) is 4.98 Å². The highest BCUT2D eigenvalue weighted by Gasteiger charge is 2.09. The molecule has 108 valence electrons. The van der Waals surface area contributed by atoms with Crippen LogP contribution in [0.15, 0.2) is 18.2 Å². The molecule has 1 aliphatic rings. The summed E-state index contributed by atoms with van der Waals surface area (Å²) in [5.74, 6) is 0. The number of rotatable bonds is 4. The van der Waals surface area contributed by atoms with Gasteiger partial charge in [0.1, 0.15) is 0 Å². The fourth-order valence-electron chi connectivity index (χ4n) is 2.70. The van der Waals surface area contributed by atoms with Crippen LogP contribution in [-0.2, 0) is 0 Å². The molecule has 1 fully saturated rings. The van der Waals surface area contributed by atoms with E-state index in [0.717, 1.165) is 34.1 Å². The summed E-state index contributed by atoms with van der Waals surface area (Å²) in [6.07, 6.45) is 5.48. The highest BCUT2D eigenvalue weighted by molar-refractivity contribution is 7.22. The van der Waals surface area contributed by atoms with Gasteiger partial charge >= 0.3 is 0 Å². The fraction of sp³-hybridized carbons (Fsp3) is 0.533. The van der Waals surface area contributed by atoms with Crippen LogP contribution >= 0.6 is 11.3 Å². The van der Waals surface area contributed by atoms with Gasteiger partial charge < -0.3 is 16.0 Å². The van der Waals surface area contributed by atoms with E-state index in [-0.39, 0.29) is 0 Å². The van der Waals surface area contributed by atoms with Gasteiger partial charge in [0.2, 0.25) is 0 Å². The van der Waals surface area contributed by atoms with Crippen LogP contribution in [-0.4, -0.2) is 36.1 Å². The molecule has 1 aromatic heterocycles. The first kappa shape index (κ1) is 13.6. The number of hydrogen-bond donors (Lipinski definition) is 2. The molecule has 0 atom stereocenters. The Balaban J connectivity index is 1.54. The summed E-state index contributed by atoms with van der Waals surface area (Å²) in [5.41, 5.74) is 7.63. The highest BCUT2D eigenvalue weighted by atomic mass is 32.1. The normalized spacial score (nSPS) is 17.2. The summed E-state index contributed by atoms with van der Waals surface area (Å²) < 4.78 is 1.15. The highest BCUT2D eigenvalue weighted by Crippen LogP contribution is 2.27. The summed E-state index contributed by atoms with van der Waals surface area (Å²) in [7, 11) is 0. The number of benzene rings is 1. The van der Waals surface area contributed by atoms with Gasteiger partial charge in [-0.3, -0.25) is 0 Å². The van der Waals surface area contributed by atoms with Gasteiger partial charge in [0.25, 0.3) is 0 Å². The number of nitrogens with one attached hydrogen (secondary N) is 1. The first-order valence-electron chi connectivity index (χ1n) is 7.43. The van der Waals surface area contributed by atoms with Crippen LogP contribution < -0.4 is 11.1 Å². The molecule has 3 N–H and O–H groups in total.